The van der Waals surface area contributed by atoms with Crippen molar-refractivity contribution in [2.45, 2.75) is 13.0 Å². The second-order valence-corrected chi connectivity index (χ2v) is 4.90. The van der Waals surface area contributed by atoms with E-state index in [0.717, 1.165) is 11.5 Å². The van der Waals surface area contributed by atoms with E-state index in [9.17, 15) is 4.79 Å². The highest BCUT2D eigenvalue weighted by atomic mass is 16.3. The number of aromatic nitrogens is 2. The monoisotopic (exact) mass is 275 g/mol. The Balaban J connectivity index is 1.99. The number of carbonyl (C=O) groups is 1. The third-order valence-electron chi connectivity index (χ3n) is 3.06. The Morgan fingerprint density at radius 2 is 2.20 bits per heavy atom. The number of furan rings is 1. The van der Waals surface area contributed by atoms with Crippen molar-refractivity contribution in [1.29, 1.82) is 0 Å². The van der Waals surface area contributed by atoms with Crippen LogP contribution in [0.15, 0.2) is 35.2 Å². The van der Waals surface area contributed by atoms with Crippen molar-refractivity contribution in [3.63, 3.8) is 0 Å². The van der Waals surface area contributed by atoms with E-state index in [1.165, 1.54) is 11.1 Å². The van der Waals surface area contributed by atoms with Crippen molar-refractivity contribution < 1.29 is 14.1 Å². The van der Waals surface area contributed by atoms with Crippen LogP contribution >= 0.6 is 0 Å². The summed E-state index contributed by atoms with van der Waals surface area (Å²) in [5.74, 6) is 0.621. The molecule has 0 radical (unpaired) electrons. The number of rotatable bonds is 5. The highest BCUT2D eigenvalue weighted by Crippen LogP contribution is 2.09. The molecule has 0 fully saturated rings. The quantitative estimate of drug-likeness (QED) is 0.805. The van der Waals surface area contributed by atoms with Crippen LogP contribution in [0.3, 0.4) is 0 Å². The van der Waals surface area contributed by atoms with Crippen molar-refractivity contribution >= 4 is 5.91 Å². The molecule has 2 aromatic rings. The predicted octanol–water partition coefficient (Wildman–Crippen LogP) is -0.00638. The van der Waals surface area contributed by atoms with Crippen LogP contribution in [0, 0.1) is 6.92 Å². The van der Waals surface area contributed by atoms with Crippen molar-refractivity contribution in [1.82, 2.24) is 15.3 Å². The van der Waals surface area contributed by atoms with Gasteiger partial charge in [0.25, 0.3) is 5.91 Å². The molecule has 1 atom stereocenters. The molecule has 0 aliphatic heterocycles. The number of quaternary nitrogens is 1. The Bertz CT molecular complexity index is 549. The first-order valence-electron chi connectivity index (χ1n) is 6.48. The number of nitrogens with zero attached hydrogens (tertiary/aromatic N) is 2. The number of carbonyl (C=O) groups excluding carboxylic acids is 1. The van der Waals surface area contributed by atoms with E-state index < -0.39 is 0 Å². The first-order valence-corrected chi connectivity index (χ1v) is 6.48. The number of hydrogen-bond donors (Lipinski definition) is 2. The Morgan fingerprint density at radius 3 is 2.75 bits per heavy atom. The van der Waals surface area contributed by atoms with E-state index >= 15 is 0 Å². The van der Waals surface area contributed by atoms with Crippen molar-refractivity contribution in [3.8, 4) is 0 Å². The minimum Gasteiger partial charge on any atom is -0.463 e. The highest BCUT2D eigenvalue weighted by molar-refractivity contribution is 5.91. The molecule has 2 rings (SSSR count). The van der Waals surface area contributed by atoms with Gasteiger partial charge in [0.2, 0.25) is 0 Å². The zero-order chi connectivity index (χ0) is 14.5. The van der Waals surface area contributed by atoms with Gasteiger partial charge in [0, 0.05) is 6.20 Å². The fourth-order valence-corrected chi connectivity index (χ4v) is 1.87. The molecule has 0 aromatic carbocycles. The van der Waals surface area contributed by atoms with E-state index in [-0.39, 0.29) is 11.9 Å². The normalized spacial score (nSPS) is 12.4. The molecule has 0 aliphatic rings. The molecule has 2 heterocycles. The number of hydrogen-bond acceptors (Lipinski definition) is 4. The number of aryl methyl sites for hydroxylation is 1. The average molecular weight is 275 g/mol. The van der Waals surface area contributed by atoms with Gasteiger partial charge in [0.05, 0.1) is 38.8 Å². The summed E-state index contributed by atoms with van der Waals surface area (Å²) < 4.78 is 5.41. The van der Waals surface area contributed by atoms with Crippen LogP contribution in [0.2, 0.25) is 0 Å². The molecule has 0 spiro atoms. The molecule has 2 N–H and O–H groups in total. The molecule has 0 saturated carbocycles. The van der Waals surface area contributed by atoms with Crippen LogP contribution in [0.25, 0.3) is 0 Å². The van der Waals surface area contributed by atoms with E-state index in [0.29, 0.717) is 12.2 Å². The fourth-order valence-electron chi connectivity index (χ4n) is 1.87. The second-order valence-electron chi connectivity index (χ2n) is 4.90. The SMILES string of the molecule is Cc1cnc(C(=O)NC[C@H](c2ccco2)[NH+](C)C)cn1. The van der Waals surface area contributed by atoms with Gasteiger partial charge in [0.15, 0.2) is 11.8 Å². The van der Waals surface area contributed by atoms with E-state index in [1.807, 2.05) is 33.2 Å². The first-order chi connectivity index (χ1) is 9.58. The summed E-state index contributed by atoms with van der Waals surface area (Å²) in [6.45, 7) is 2.31. The van der Waals surface area contributed by atoms with Gasteiger partial charge >= 0.3 is 0 Å². The topological polar surface area (TPSA) is 72.5 Å². The Morgan fingerprint density at radius 1 is 1.40 bits per heavy atom. The number of amides is 1. The lowest BCUT2D eigenvalue weighted by Crippen LogP contribution is -3.07. The van der Waals surface area contributed by atoms with Crippen LogP contribution < -0.4 is 10.2 Å². The summed E-state index contributed by atoms with van der Waals surface area (Å²) in [5.41, 5.74) is 1.11. The Kier molecular flexibility index (Phi) is 4.47. The molecule has 6 nitrogen and oxygen atoms in total. The maximum atomic E-state index is 12.0. The van der Waals surface area contributed by atoms with Crippen LogP contribution in [0.5, 0.6) is 0 Å². The van der Waals surface area contributed by atoms with Gasteiger partial charge in [-0.15, -0.1) is 0 Å². The molecule has 2 aromatic heterocycles. The molecule has 20 heavy (non-hydrogen) atoms. The van der Waals surface area contributed by atoms with Gasteiger partial charge in [0.1, 0.15) is 5.69 Å². The molecule has 106 valence electrons. The summed E-state index contributed by atoms with van der Waals surface area (Å²) in [6.07, 6.45) is 4.70. The van der Waals surface area contributed by atoms with E-state index in [1.54, 1.807) is 12.5 Å². The third kappa shape index (κ3) is 3.42. The van der Waals surface area contributed by atoms with Gasteiger partial charge < -0.3 is 14.6 Å². The van der Waals surface area contributed by atoms with Gasteiger partial charge in [-0.25, -0.2) is 4.98 Å². The summed E-state index contributed by atoms with van der Waals surface area (Å²) in [5, 5.41) is 2.87. The summed E-state index contributed by atoms with van der Waals surface area (Å²) >= 11 is 0. The van der Waals surface area contributed by atoms with Crippen molar-refractivity contribution in [3.05, 3.63) is 47.9 Å². The first kappa shape index (κ1) is 14.2. The van der Waals surface area contributed by atoms with E-state index in [4.69, 9.17) is 4.42 Å². The van der Waals surface area contributed by atoms with Crippen LogP contribution in [0.1, 0.15) is 28.0 Å². The van der Waals surface area contributed by atoms with Crippen LogP contribution in [-0.2, 0) is 0 Å². The summed E-state index contributed by atoms with van der Waals surface area (Å²) in [6, 6.07) is 3.82. The molecule has 6 heteroatoms. The second kappa shape index (κ2) is 6.29. The van der Waals surface area contributed by atoms with Crippen LogP contribution in [0.4, 0.5) is 0 Å². The minimum absolute atomic E-state index is 0.0624. The number of likely N-dealkylation sites (N-methyl/N-ethyl adjacent to an activating group) is 1. The highest BCUT2D eigenvalue weighted by Gasteiger charge is 2.21. The number of nitrogens with one attached hydrogen (secondary N) is 2. The smallest absolute Gasteiger partial charge is 0.271 e. The average Bonchev–Trinajstić information content (AvgIpc) is 2.93. The minimum atomic E-state index is -0.227. The Labute approximate surface area is 117 Å². The van der Waals surface area contributed by atoms with Gasteiger partial charge in [-0.2, -0.15) is 0 Å². The standard InChI is InChI=1S/C14H18N4O2/c1-10-7-16-11(8-15-10)14(19)17-9-12(18(2)3)13-5-4-6-20-13/h4-8,12H,9H2,1-3H3,(H,17,19)/p+1/t12-/m1/s1. The lowest BCUT2D eigenvalue weighted by molar-refractivity contribution is -0.891. The fraction of sp³-hybridized carbons (Fsp3) is 0.357. The zero-order valence-electron chi connectivity index (χ0n) is 11.9. The molecular formula is C14H19N4O2+. The lowest BCUT2D eigenvalue weighted by Gasteiger charge is -2.19. The Hall–Kier alpha value is -2.21. The molecule has 1 amide bonds. The van der Waals surface area contributed by atoms with Gasteiger partial charge in [-0.3, -0.25) is 9.78 Å². The molecule has 0 saturated heterocycles. The largest absolute Gasteiger partial charge is 0.463 e. The molecule has 0 unspecified atom stereocenters. The molecular weight excluding hydrogens is 256 g/mol. The summed E-state index contributed by atoms with van der Waals surface area (Å²) in [4.78, 5) is 21.3. The van der Waals surface area contributed by atoms with E-state index in [2.05, 4.69) is 15.3 Å². The molecule has 0 bridgehead atoms. The maximum Gasteiger partial charge on any atom is 0.271 e. The molecule has 0 aliphatic carbocycles. The lowest BCUT2D eigenvalue weighted by atomic mass is 10.2. The third-order valence-corrected chi connectivity index (χ3v) is 3.06. The van der Waals surface area contributed by atoms with Crippen molar-refractivity contribution in [2.24, 2.45) is 0 Å². The van der Waals surface area contributed by atoms with Gasteiger partial charge in [-0.1, -0.05) is 0 Å². The predicted molar refractivity (Wildman–Crippen MR) is 73.4 cm³/mol. The van der Waals surface area contributed by atoms with Gasteiger partial charge in [-0.05, 0) is 19.1 Å². The zero-order valence-corrected chi connectivity index (χ0v) is 11.9. The van der Waals surface area contributed by atoms with Crippen LogP contribution in [-0.4, -0.2) is 36.5 Å². The maximum absolute atomic E-state index is 12.0. The summed E-state index contributed by atoms with van der Waals surface area (Å²) in [7, 11) is 4.04. The van der Waals surface area contributed by atoms with Crippen molar-refractivity contribution in [2.75, 3.05) is 20.6 Å².